The van der Waals surface area contributed by atoms with E-state index in [1.807, 2.05) is 4.90 Å². The average Bonchev–Trinajstić information content (AvgIpc) is 2.11. The smallest absolute Gasteiger partial charge is 0.314 e. The molecule has 2 aliphatic rings. The van der Waals surface area contributed by atoms with E-state index < -0.39 is 11.6 Å². The fraction of sp³-hybridized carbons (Fsp3) is 1.00. The van der Waals surface area contributed by atoms with Crippen molar-refractivity contribution in [3.8, 4) is 0 Å². The number of piperazine rings is 1. The molecule has 0 spiro atoms. The van der Waals surface area contributed by atoms with Crippen molar-refractivity contribution in [1.29, 1.82) is 0 Å². The second-order valence-electron chi connectivity index (χ2n) is 4.66. The van der Waals surface area contributed by atoms with Gasteiger partial charge < -0.3 is 5.32 Å². The Morgan fingerprint density at radius 2 is 1.73 bits per heavy atom. The molecule has 0 bridgehead atoms. The molecule has 0 aromatic rings. The van der Waals surface area contributed by atoms with Gasteiger partial charge in [-0.1, -0.05) is 6.42 Å². The highest BCUT2D eigenvalue weighted by molar-refractivity contribution is 4.96. The van der Waals surface area contributed by atoms with Crippen LogP contribution in [0.25, 0.3) is 0 Å². The minimum absolute atomic E-state index is 0.207. The number of alkyl halides is 3. The lowest BCUT2D eigenvalue weighted by Gasteiger charge is -2.46. The molecule has 88 valence electrons. The van der Waals surface area contributed by atoms with Crippen LogP contribution in [0.2, 0.25) is 0 Å². The van der Waals surface area contributed by atoms with E-state index in [2.05, 4.69) is 5.32 Å². The summed E-state index contributed by atoms with van der Waals surface area (Å²) in [6.07, 6.45) is -2.65. The maximum atomic E-state index is 12.9. The highest BCUT2D eigenvalue weighted by Gasteiger charge is 2.58. The Balaban J connectivity index is 1.95. The van der Waals surface area contributed by atoms with Gasteiger partial charge in [-0.15, -0.1) is 0 Å². The molecule has 2 nitrogen and oxygen atoms in total. The first-order chi connectivity index (χ1) is 7.04. The number of hydrogen-bond donors (Lipinski definition) is 1. The summed E-state index contributed by atoms with van der Waals surface area (Å²) >= 11 is 0. The van der Waals surface area contributed by atoms with E-state index in [-0.39, 0.29) is 6.54 Å². The van der Waals surface area contributed by atoms with Crippen LogP contribution in [0.15, 0.2) is 0 Å². The minimum Gasteiger partial charge on any atom is -0.314 e. The quantitative estimate of drug-likeness (QED) is 0.764. The van der Waals surface area contributed by atoms with Crippen LogP contribution in [-0.4, -0.2) is 43.8 Å². The molecule has 2 fully saturated rings. The van der Waals surface area contributed by atoms with Gasteiger partial charge in [0.05, 0.1) is 5.41 Å². The van der Waals surface area contributed by atoms with Crippen molar-refractivity contribution in [2.45, 2.75) is 25.4 Å². The summed E-state index contributed by atoms with van der Waals surface area (Å²) in [6, 6.07) is 0. The predicted octanol–water partition coefficient (Wildman–Crippen LogP) is 1.62. The molecule has 0 atom stereocenters. The second kappa shape index (κ2) is 3.94. The van der Waals surface area contributed by atoms with Gasteiger partial charge in [-0.05, 0) is 12.8 Å². The van der Waals surface area contributed by atoms with Crippen molar-refractivity contribution in [3.05, 3.63) is 0 Å². The van der Waals surface area contributed by atoms with Crippen molar-refractivity contribution in [2.24, 2.45) is 5.41 Å². The molecule has 1 aliphatic carbocycles. The number of nitrogens with one attached hydrogen (secondary N) is 1. The molecule has 1 saturated carbocycles. The summed E-state index contributed by atoms with van der Waals surface area (Å²) in [5, 5.41) is 3.15. The normalized spacial score (nSPS) is 27.4. The van der Waals surface area contributed by atoms with Gasteiger partial charge in [0.2, 0.25) is 0 Å². The van der Waals surface area contributed by atoms with Gasteiger partial charge in [0.1, 0.15) is 0 Å². The Bertz CT molecular complexity index is 217. The summed E-state index contributed by atoms with van der Waals surface area (Å²) in [6.45, 7) is 3.33. The lowest BCUT2D eigenvalue weighted by atomic mass is 9.67. The van der Waals surface area contributed by atoms with E-state index >= 15 is 0 Å². The number of halogens is 3. The third-order valence-electron chi connectivity index (χ3n) is 3.65. The van der Waals surface area contributed by atoms with E-state index in [1.165, 1.54) is 0 Å². The van der Waals surface area contributed by atoms with Crippen LogP contribution in [0.4, 0.5) is 13.2 Å². The van der Waals surface area contributed by atoms with Crippen molar-refractivity contribution < 1.29 is 13.2 Å². The zero-order chi connectivity index (χ0) is 10.9. The summed E-state index contributed by atoms with van der Waals surface area (Å²) in [5.41, 5.74) is -1.38. The molecular weight excluding hydrogens is 205 g/mol. The lowest BCUT2D eigenvalue weighted by Crippen LogP contribution is -2.55. The van der Waals surface area contributed by atoms with Crippen molar-refractivity contribution in [1.82, 2.24) is 10.2 Å². The first-order valence-corrected chi connectivity index (χ1v) is 5.53. The first kappa shape index (κ1) is 11.2. The van der Waals surface area contributed by atoms with E-state index in [0.29, 0.717) is 12.8 Å². The average molecular weight is 222 g/mol. The van der Waals surface area contributed by atoms with E-state index in [1.54, 1.807) is 0 Å². The fourth-order valence-corrected chi connectivity index (χ4v) is 2.43. The highest BCUT2D eigenvalue weighted by atomic mass is 19.4. The SMILES string of the molecule is FC(F)(F)C1(CN2CCNCC2)CCC1. The molecule has 1 saturated heterocycles. The van der Waals surface area contributed by atoms with E-state index in [9.17, 15) is 13.2 Å². The molecule has 1 N–H and O–H groups in total. The Hall–Kier alpha value is -0.290. The molecule has 0 aromatic carbocycles. The van der Waals surface area contributed by atoms with Gasteiger partial charge in [0.15, 0.2) is 0 Å². The molecular formula is C10H17F3N2. The predicted molar refractivity (Wildman–Crippen MR) is 51.6 cm³/mol. The van der Waals surface area contributed by atoms with Crippen molar-refractivity contribution in [2.75, 3.05) is 32.7 Å². The van der Waals surface area contributed by atoms with E-state index in [0.717, 1.165) is 32.6 Å². The molecule has 0 radical (unpaired) electrons. The largest absolute Gasteiger partial charge is 0.395 e. The standard InChI is InChI=1S/C10H17F3N2/c11-10(12,13)9(2-1-3-9)8-15-6-4-14-5-7-15/h14H,1-8H2. The zero-order valence-corrected chi connectivity index (χ0v) is 8.74. The molecule has 0 aromatic heterocycles. The van der Waals surface area contributed by atoms with Crippen molar-refractivity contribution >= 4 is 0 Å². The maximum Gasteiger partial charge on any atom is 0.395 e. The van der Waals surface area contributed by atoms with Gasteiger partial charge in [-0.25, -0.2) is 0 Å². The Kier molecular flexibility index (Phi) is 2.94. The Morgan fingerprint density at radius 3 is 2.13 bits per heavy atom. The molecule has 15 heavy (non-hydrogen) atoms. The van der Waals surface area contributed by atoms with E-state index in [4.69, 9.17) is 0 Å². The van der Waals surface area contributed by atoms with Gasteiger partial charge >= 0.3 is 6.18 Å². The Labute approximate surface area is 87.8 Å². The summed E-state index contributed by atoms with van der Waals surface area (Å²) in [5.74, 6) is 0. The van der Waals surface area contributed by atoms with Crippen LogP contribution in [0.1, 0.15) is 19.3 Å². The highest BCUT2D eigenvalue weighted by Crippen LogP contribution is 2.53. The first-order valence-electron chi connectivity index (χ1n) is 5.53. The molecule has 5 heteroatoms. The maximum absolute atomic E-state index is 12.9. The third kappa shape index (κ3) is 2.13. The van der Waals surface area contributed by atoms with Gasteiger partial charge in [-0.2, -0.15) is 13.2 Å². The molecule has 0 amide bonds. The van der Waals surface area contributed by atoms with Crippen LogP contribution in [0.3, 0.4) is 0 Å². The number of hydrogen-bond acceptors (Lipinski definition) is 2. The topological polar surface area (TPSA) is 15.3 Å². The third-order valence-corrected chi connectivity index (χ3v) is 3.65. The van der Waals surface area contributed by atoms with Crippen molar-refractivity contribution in [3.63, 3.8) is 0 Å². The minimum atomic E-state index is -4.02. The summed E-state index contributed by atoms with van der Waals surface area (Å²) in [7, 11) is 0. The van der Waals surface area contributed by atoms with Gasteiger partial charge in [0, 0.05) is 32.7 Å². The summed E-state index contributed by atoms with van der Waals surface area (Å²) < 4.78 is 38.6. The molecule has 2 rings (SSSR count). The summed E-state index contributed by atoms with van der Waals surface area (Å²) in [4.78, 5) is 1.95. The Morgan fingerprint density at radius 1 is 1.13 bits per heavy atom. The van der Waals surface area contributed by atoms with Crippen LogP contribution < -0.4 is 5.32 Å². The molecule has 1 heterocycles. The molecule has 0 unspecified atom stereocenters. The van der Waals surface area contributed by atoms with Crippen LogP contribution in [0, 0.1) is 5.41 Å². The number of rotatable bonds is 2. The van der Waals surface area contributed by atoms with Crippen LogP contribution >= 0.6 is 0 Å². The van der Waals surface area contributed by atoms with Crippen LogP contribution in [0.5, 0.6) is 0 Å². The van der Waals surface area contributed by atoms with Gasteiger partial charge in [-0.3, -0.25) is 4.90 Å². The zero-order valence-electron chi connectivity index (χ0n) is 8.74. The molecule has 1 aliphatic heterocycles. The lowest BCUT2D eigenvalue weighted by molar-refractivity contribution is -0.256. The fourth-order valence-electron chi connectivity index (χ4n) is 2.43. The van der Waals surface area contributed by atoms with Gasteiger partial charge in [0.25, 0.3) is 0 Å². The number of nitrogens with zero attached hydrogens (tertiary/aromatic N) is 1. The second-order valence-corrected chi connectivity index (χ2v) is 4.66. The monoisotopic (exact) mass is 222 g/mol. The van der Waals surface area contributed by atoms with Crippen LogP contribution in [-0.2, 0) is 0 Å².